The van der Waals surface area contributed by atoms with E-state index in [0.29, 0.717) is 11.4 Å². The highest BCUT2D eigenvalue weighted by Gasteiger charge is 2.46. The summed E-state index contributed by atoms with van der Waals surface area (Å²) < 4.78 is 0. The van der Waals surface area contributed by atoms with E-state index < -0.39 is 0 Å². The van der Waals surface area contributed by atoms with Gasteiger partial charge >= 0.3 is 0 Å². The first-order chi connectivity index (χ1) is 6.48. The Balaban J connectivity index is 2.20. The molecule has 0 aromatic carbocycles. The van der Waals surface area contributed by atoms with E-state index in [4.69, 9.17) is 11.6 Å². The summed E-state index contributed by atoms with van der Waals surface area (Å²) in [5.41, 5.74) is 0.285. The first kappa shape index (κ1) is 12.3. The Bertz CT molecular complexity index is 179. The molecule has 84 valence electrons. The van der Waals surface area contributed by atoms with Gasteiger partial charge in [-0.15, -0.1) is 11.6 Å². The fraction of sp³-hybridized carbons (Fsp3) is 1.00. The van der Waals surface area contributed by atoms with Gasteiger partial charge in [0.1, 0.15) is 0 Å². The van der Waals surface area contributed by atoms with E-state index in [0.717, 1.165) is 18.9 Å². The highest BCUT2D eigenvalue weighted by atomic mass is 35.5. The van der Waals surface area contributed by atoms with Crippen LogP contribution in [0.25, 0.3) is 0 Å². The summed E-state index contributed by atoms with van der Waals surface area (Å²) in [5, 5.41) is 4.00. The molecule has 3 unspecified atom stereocenters. The molecule has 1 saturated carbocycles. The number of hydrogen-bond acceptors (Lipinski definition) is 1. The summed E-state index contributed by atoms with van der Waals surface area (Å²) in [6.07, 6.45) is 3.74. The minimum absolute atomic E-state index is 0.285. The van der Waals surface area contributed by atoms with Crippen molar-refractivity contribution in [3.8, 4) is 0 Å². The first-order valence-electron chi connectivity index (χ1n) is 5.86. The molecule has 0 amide bonds. The van der Waals surface area contributed by atoms with Gasteiger partial charge in [0.25, 0.3) is 0 Å². The molecule has 1 aliphatic rings. The van der Waals surface area contributed by atoms with Gasteiger partial charge in [0.05, 0.1) is 0 Å². The highest BCUT2D eigenvalue weighted by molar-refractivity contribution is 6.21. The molecule has 0 saturated heterocycles. The Morgan fingerprint density at radius 1 is 1.50 bits per heavy atom. The van der Waals surface area contributed by atoms with Crippen LogP contribution in [0.3, 0.4) is 0 Å². The predicted molar refractivity (Wildman–Crippen MR) is 63.9 cm³/mol. The third-order valence-electron chi connectivity index (χ3n) is 3.64. The van der Waals surface area contributed by atoms with Gasteiger partial charge in [-0.25, -0.2) is 0 Å². The number of rotatable bonds is 5. The smallest absolute Gasteiger partial charge is 0.0416 e. The van der Waals surface area contributed by atoms with E-state index in [1.165, 1.54) is 12.8 Å². The topological polar surface area (TPSA) is 12.0 Å². The maximum Gasteiger partial charge on any atom is 0.0416 e. The van der Waals surface area contributed by atoms with Crippen LogP contribution in [0.15, 0.2) is 0 Å². The molecule has 14 heavy (non-hydrogen) atoms. The van der Waals surface area contributed by atoms with Crippen LogP contribution < -0.4 is 5.32 Å². The minimum Gasteiger partial charge on any atom is -0.313 e. The summed E-state index contributed by atoms with van der Waals surface area (Å²) in [4.78, 5) is 0. The fourth-order valence-corrected chi connectivity index (χ4v) is 2.49. The second-order valence-electron chi connectivity index (χ2n) is 5.38. The van der Waals surface area contributed by atoms with Crippen LogP contribution in [0, 0.1) is 11.3 Å². The van der Waals surface area contributed by atoms with Crippen molar-refractivity contribution in [2.24, 2.45) is 11.3 Å². The zero-order chi connectivity index (χ0) is 10.8. The molecule has 0 aliphatic heterocycles. The van der Waals surface area contributed by atoms with Crippen molar-refractivity contribution >= 4 is 11.6 Å². The Kier molecular flexibility index (Phi) is 4.27. The lowest BCUT2D eigenvalue weighted by Crippen LogP contribution is -2.58. The summed E-state index contributed by atoms with van der Waals surface area (Å²) >= 11 is 6.17. The lowest BCUT2D eigenvalue weighted by molar-refractivity contribution is 0.113. The van der Waals surface area contributed by atoms with E-state index in [-0.39, 0.29) is 5.41 Å². The van der Waals surface area contributed by atoms with Crippen molar-refractivity contribution in [1.82, 2.24) is 5.32 Å². The zero-order valence-corrected chi connectivity index (χ0v) is 10.7. The molecular formula is C12H24ClN. The summed E-state index contributed by atoms with van der Waals surface area (Å²) in [5.74, 6) is 0.796. The standard InChI is InChI=1S/C12H24ClN/c1-5-6-9(2)8-14-11-7-10(13)12(11,3)4/h9-11,14H,5-8H2,1-4H3. The van der Waals surface area contributed by atoms with Gasteiger partial charge in [0.15, 0.2) is 0 Å². The normalized spacial score (nSPS) is 32.4. The monoisotopic (exact) mass is 217 g/mol. The fourth-order valence-electron chi connectivity index (χ4n) is 2.16. The lowest BCUT2D eigenvalue weighted by Gasteiger charge is -2.49. The average molecular weight is 218 g/mol. The van der Waals surface area contributed by atoms with Crippen LogP contribution in [0.5, 0.6) is 0 Å². The Morgan fingerprint density at radius 2 is 2.14 bits per heavy atom. The van der Waals surface area contributed by atoms with Crippen LogP contribution in [0.2, 0.25) is 0 Å². The molecule has 0 spiro atoms. The Hall–Kier alpha value is 0.250. The van der Waals surface area contributed by atoms with Crippen LogP contribution in [-0.2, 0) is 0 Å². The molecule has 1 nitrogen and oxygen atoms in total. The van der Waals surface area contributed by atoms with Crippen LogP contribution in [-0.4, -0.2) is 18.0 Å². The highest BCUT2D eigenvalue weighted by Crippen LogP contribution is 2.44. The van der Waals surface area contributed by atoms with Crippen LogP contribution >= 0.6 is 11.6 Å². The van der Waals surface area contributed by atoms with Crippen molar-refractivity contribution in [2.45, 2.75) is 58.4 Å². The predicted octanol–water partition coefficient (Wildman–Crippen LogP) is 3.42. The summed E-state index contributed by atoms with van der Waals surface area (Å²) in [6, 6.07) is 0.629. The first-order valence-corrected chi connectivity index (χ1v) is 6.29. The van der Waals surface area contributed by atoms with Crippen molar-refractivity contribution < 1.29 is 0 Å². The van der Waals surface area contributed by atoms with E-state index in [9.17, 15) is 0 Å². The second kappa shape index (κ2) is 4.85. The Labute approximate surface area is 93.6 Å². The number of halogens is 1. The molecule has 0 aromatic heterocycles. The third-order valence-corrected chi connectivity index (χ3v) is 4.38. The Morgan fingerprint density at radius 3 is 2.57 bits per heavy atom. The molecule has 1 fully saturated rings. The zero-order valence-electron chi connectivity index (χ0n) is 9.94. The molecule has 1 rings (SSSR count). The minimum atomic E-state index is 0.285. The van der Waals surface area contributed by atoms with Crippen molar-refractivity contribution in [2.75, 3.05) is 6.54 Å². The summed E-state index contributed by atoms with van der Waals surface area (Å²) in [6.45, 7) is 10.2. The molecule has 2 heteroatoms. The number of alkyl halides is 1. The maximum absolute atomic E-state index is 6.17. The lowest BCUT2D eigenvalue weighted by atomic mass is 9.66. The molecule has 1 N–H and O–H groups in total. The van der Waals surface area contributed by atoms with Gasteiger partial charge in [-0.3, -0.25) is 0 Å². The molecule has 0 aromatic rings. The van der Waals surface area contributed by atoms with Gasteiger partial charge in [0.2, 0.25) is 0 Å². The molecule has 1 aliphatic carbocycles. The third kappa shape index (κ3) is 2.64. The van der Waals surface area contributed by atoms with E-state index in [1.54, 1.807) is 0 Å². The molecular weight excluding hydrogens is 194 g/mol. The maximum atomic E-state index is 6.17. The van der Waals surface area contributed by atoms with E-state index in [2.05, 4.69) is 33.0 Å². The van der Waals surface area contributed by atoms with Gasteiger partial charge in [-0.05, 0) is 30.7 Å². The molecule has 3 atom stereocenters. The molecule has 0 radical (unpaired) electrons. The quantitative estimate of drug-likeness (QED) is 0.696. The number of nitrogens with one attached hydrogen (secondary N) is 1. The molecule has 0 heterocycles. The van der Waals surface area contributed by atoms with Crippen LogP contribution in [0.4, 0.5) is 0 Å². The van der Waals surface area contributed by atoms with Crippen molar-refractivity contribution in [3.05, 3.63) is 0 Å². The number of hydrogen-bond donors (Lipinski definition) is 1. The van der Waals surface area contributed by atoms with Crippen molar-refractivity contribution in [3.63, 3.8) is 0 Å². The van der Waals surface area contributed by atoms with E-state index in [1.807, 2.05) is 0 Å². The SMILES string of the molecule is CCCC(C)CNC1CC(Cl)C1(C)C. The van der Waals surface area contributed by atoms with Crippen molar-refractivity contribution in [1.29, 1.82) is 0 Å². The van der Waals surface area contributed by atoms with Gasteiger partial charge in [0, 0.05) is 11.4 Å². The van der Waals surface area contributed by atoms with Gasteiger partial charge in [-0.2, -0.15) is 0 Å². The van der Waals surface area contributed by atoms with Gasteiger partial charge < -0.3 is 5.32 Å². The molecule has 0 bridgehead atoms. The largest absolute Gasteiger partial charge is 0.313 e. The second-order valence-corrected chi connectivity index (χ2v) is 5.91. The summed E-state index contributed by atoms with van der Waals surface area (Å²) in [7, 11) is 0. The average Bonchev–Trinajstić information content (AvgIpc) is 2.12. The van der Waals surface area contributed by atoms with Crippen LogP contribution in [0.1, 0.15) is 47.0 Å². The van der Waals surface area contributed by atoms with E-state index >= 15 is 0 Å². The van der Waals surface area contributed by atoms with Gasteiger partial charge in [-0.1, -0.05) is 34.1 Å².